The lowest BCUT2D eigenvalue weighted by atomic mass is 9.99. The molecule has 2 atom stereocenters. The van der Waals surface area contributed by atoms with E-state index >= 15 is 0 Å². The van der Waals surface area contributed by atoms with Gasteiger partial charge < -0.3 is 10.0 Å². The van der Waals surface area contributed by atoms with Crippen LogP contribution in [0.5, 0.6) is 0 Å². The number of carbonyl (C=O) groups is 2. The molecule has 0 spiro atoms. The van der Waals surface area contributed by atoms with Crippen LogP contribution in [0.15, 0.2) is 12.3 Å². The van der Waals surface area contributed by atoms with E-state index < -0.39 is 29.7 Å². The number of halogens is 3. The third-order valence-corrected chi connectivity index (χ3v) is 3.51. The van der Waals surface area contributed by atoms with Crippen LogP contribution in [-0.4, -0.2) is 44.8 Å². The molecule has 2 unspecified atom stereocenters. The Labute approximate surface area is 118 Å². The smallest absolute Gasteiger partial charge is 0.435 e. The Morgan fingerprint density at radius 2 is 2.10 bits per heavy atom. The number of carboxylic acid groups (broad SMARTS) is 1. The lowest BCUT2D eigenvalue weighted by molar-refractivity contribution is -0.143. The fourth-order valence-electron chi connectivity index (χ4n) is 2.33. The fourth-order valence-corrected chi connectivity index (χ4v) is 2.33. The number of likely N-dealkylation sites (tertiary alicyclic amines) is 1. The van der Waals surface area contributed by atoms with Crippen molar-refractivity contribution in [2.75, 3.05) is 13.1 Å². The van der Waals surface area contributed by atoms with Gasteiger partial charge in [-0.1, -0.05) is 6.92 Å². The van der Waals surface area contributed by atoms with Crippen LogP contribution in [0.25, 0.3) is 0 Å². The predicted molar refractivity (Wildman–Crippen MR) is 64.1 cm³/mol. The monoisotopic (exact) mass is 305 g/mol. The first-order valence-electron chi connectivity index (χ1n) is 6.29. The molecule has 2 rings (SSSR count). The molecule has 1 aliphatic rings. The molecule has 1 aromatic rings. The first kappa shape index (κ1) is 15.3. The van der Waals surface area contributed by atoms with Crippen LogP contribution in [0.3, 0.4) is 0 Å². The molecule has 21 heavy (non-hydrogen) atoms. The molecule has 116 valence electrons. The van der Waals surface area contributed by atoms with E-state index in [1.807, 2.05) is 0 Å². The van der Waals surface area contributed by atoms with Gasteiger partial charge in [0.25, 0.3) is 0 Å². The second-order valence-corrected chi connectivity index (χ2v) is 5.12. The number of hydrogen-bond donors (Lipinski definition) is 1. The normalized spacial score (nSPS) is 22.6. The highest BCUT2D eigenvalue weighted by atomic mass is 19.4. The first-order chi connectivity index (χ1) is 9.68. The summed E-state index contributed by atoms with van der Waals surface area (Å²) in [5.74, 6) is -2.24. The van der Waals surface area contributed by atoms with Gasteiger partial charge in [-0.15, -0.1) is 0 Å². The van der Waals surface area contributed by atoms with Gasteiger partial charge in [0, 0.05) is 19.3 Å². The molecular formula is C12H14F3N3O3. The highest BCUT2D eigenvalue weighted by Gasteiger charge is 2.37. The van der Waals surface area contributed by atoms with E-state index in [-0.39, 0.29) is 25.6 Å². The summed E-state index contributed by atoms with van der Waals surface area (Å²) in [6.45, 7) is 1.74. The Hall–Kier alpha value is -2.06. The molecule has 1 aliphatic heterocycles. The fraction of sp³-hybridized carbons (Fsp3) is 0.583. The maximum absolute atomic E-state index is 12.4. The Morgan fingerprint density at radius 3 is 2.57 bits per heavy atom. The van der Waals surface area contributed by atoms with Crippen LogP contribution < -0.4 is 0 Å². The van der Waals surface area contributed by atoms with Crippen LogP contribution in [-0.2, 0) is 22.3 Å². The minimum Gasteiger partial charge on any atom is -0.481 e. The van der Waals surface area contributed by atoms with E-state index in [1.54, 1.807) is 6.92 Å². The van der Waals surface area contributed by atoms with Crippen LogP contribution in [0.4, 0.5) is 13.2 Å². The molecule has 0 aliphatic carbocycles. The van der Waals surface area contributed by atoms with Crippen molar-refractivity contribution >= 4 is 11.9 Å². The number of aliphatic carboxylic acids is 1. The number of alkyl halides is 3. The molecule has 0 bridgehead atoms. The van der Waals surface area contributed by atoms with E-state index in [9.17, 15) is 22.8 Å². The van der Waals surface area contributed by atoms with Gasteiger partial charge in [0.15, 0.2) is 5.69 Å². The second kappa shape index (κ2) is 5.38. The quantitative estimate of drug-likeness (QED) is 0.907. The Bertz CT molecular complexity index is 555. The van der Waals surface area contributed by atoms with E-state index in [4.69, 9.17) is 5.11 Å². The summed E-state index contributed by atoms with van der Waals surface area (Å²) >= 11 is 0. The molecule has 0 saturated carbocycles. The Morgan fingerprint density at radius 1 is 1.43 bits per heavy atom. The van der Waals surface area contributed by atoms with E-state index in [1.165, 1.54) is 4.90 Å². The summed E-state index contributed by atoms with van der Waals surface area (Å²) in [6.07, 6.45) is -3.47. The Kier molecular flexibility index (Phi) is 3.93. The van der Waals surface area contributed by atoms with E-state index in [2.05, 4.69) is 5.10 Å². The van der Waals surface area contributed by atoms with Crippen molar-refractivity contribution in [3.63, 3.8) is 0 Å². The molecule has 0 aromatic carbocycles. The topological polar surface area (TPSA) is 75.4 Å². The minimum absolute atomic E-state index is 0.0722. The zero-order chi connectivity index (χ0) is 15.8. The molecule has 6 nitrogen and oxygen atoms in total. The zero-order valence-electron chi connectivity index (χ0n) is 11.2. The number of nitrogens with zero attached hydrogens (tertiary/aromatic N) is 3. The summed E-state index contributed by atoms with van der Waals surface area (Å²) in [4.78, 5) is 24.3. The molecule has 1 fully saturated rings. The van der Waals surface area contributed by atoms with E-state index in [0.717, 1.165) is 16.9 Å². The maximum Gasteiger partial charge on any atom is 0.435 e. The number of hydrogen-bond acceptors (Lipinski definition) is 3. The maximum atomic E-state index is 12.4. The average molecular weight is 305 g/mol. The lowest BCUT2D eigenvalue weighted by Gasteiger charge is -2.15. The summed E-state index contributed by atoms with van der Waals surface area (Å²) in [5.41, 5.74) is -1.06. The molecule has 0 radical (unpaired) electrons. The SMILES string of the molecule is CC1CN(C(=O)Cn2ccc(C(F)(F)F)n2)CC1C(=O)O. The second-order valence-electron chi connectivity index (χ2n) is 5.12. The van der Waals surface area contributed by atoms with Crippen LogP contribution in [0, 0.1) is 11.8 Å². The standard InChI is InChI=1S/C12H14F3N3O3/c1-7-4-17(5-8(7)11(20)21)10(19)6-18-3-2-9(16-18)12(13,14)15/h2-3,7-8H,4-6H2,1H3,(H,20,21). The van der Waals surface area contributed by atoms with Crippen LogP contribution >= 0.6 is 0 Å². The molecule has 9 heteroatoms. The molecule has 1 aromatic heterocycles. The highest BCUT2D eigenvalue weighted by molar-refractivity contribution is 5.78. The summed E-state index contributed by atoms with van der Waals surface area (Å²) < 4.78 is 38.1. The molecular weight excluding hydrogens is 291 g/mol. The van der Waals surface area contributed by atoms with Gasteiger partial charge in [-0.05, 0) is 12.0 Å². The number of amides is 1. The van der Waals surface area contributed by atoms with Crippen molar-refractivity contribution in [3.8, 4) is 0 Å². The van der Waals surface area contributed by atoms with Crippen molar-refractivity contribution in [2.45, 2.75) is 19.6 Å². The van der Waals surface area contributed by atoms with E-state index in [0.29, 0.717) is 0 Å². The number of aromatic nitrogens is 2. The summed E-state index contributed by atoms with van der Waals surface area (Å²) in [6, 6.07) is 0.792. The van der Waals surface area contributed by atoms with Crippen molar-refractivity contribution in [1.82, 2.24) is 14.7 Å². The van der Waals surface area contributed by atoms with Gasteiger partial charge in [-0.3, -0.25) is 14.3 Å². The van der Waals surface area contributed by atoms with Gasteiger partial charge in [0.1, 0.15) is 6.54 Å². The largest absolute Gasteiger partial charge is 0.481 e. The minimum atomic E-state index is -4.55. The van der Waals surface area contributed by atoms with Gasteiger partial charge in [-0.25, -0.2) is 0 Å². The van der Waals surface area contributed by atoms with Crippen molar-refractivity contribution in [3.05, 3.63) is 18.0 Å². The van der Waals surface area contributed by atoms with Gasteiger partial charge >= 0.3 is 12.1 Å². The van der Waals surface area contributed by atoms with Crippen molar-refractivity contribution < 1.29 is 27.9 Å². The van der Waals surface area contributed by atoms with Crippen molar-refractivity contribution in [1.29, 1.82) is 0 Å². The van der Waals surface area contributed by atoms with Gasteiger partial charge in [0.2, 0.25) is 5.91 Å². The molecule has 1 saturated heterocycles. The summed E-state index contributed by atoms with van der Waals surface area (Å²) in [5, 5.41) is 12.3. The van der Waals surface area contributed by atoms with Gasteiger partial charge in [0.05, 0.1) is 5.92 Å². The van der Waals surface area contributed by atoms with Crippen molar-refractivity contribution in [2.24, 2.45) is 11.8 Å². The third kappa shape index (κ3) is 3.34. The number of rotatable bonds is 3. The van der Waals surface area contributed by atoms with Crippen LogP contribution in [0.1, 0.15) is 12.6 Å². The molecule has 1 N–H and O–H groups in total. The summed E-state index contributed by atoms with van der Waals surface area (Å²) in [7, 11) is 0. The number of carboxylic acids is 1. The molecule has 2 heterocycles. The highest BCUT2D eigenvalue weighted by Crippen LogP contribution is 2.27. The zero-order valence-corrected chi connectivity index (χ0v) is 11.2. The van der Waals surface area contributed by atoms with Gasteiger partial charge in [-0.2, -0.15) is 18.3 Å². The average Bonchev–Trinajstić information content (AvgIpc) is 2.94. The molecule has 1 amide bonds. The Balaban J connectivity index is 1.99. The third-order valence-electron chi connectivity index (χ3n) is 3.51. The first-order valence-corrected chi connectivity index (χ1v) is 6.29. The predicted octanol–water partition coefficient (Wildman–Crippen LogP) is 1.08. The number of carbonyl (C=O) groups excluding carboxylic acids is 1. The van der Waals surface area contributed by atoms with Crippen LogP contribution in [0.2, 0.25) is 0 Å². The lowest BCUT2D eigenvalue weighted by Crippen LogP contribution is -2.33.